The summed E-state index contributed by atoms with van der Waals surface area (Å²) in [6.45, 7) is 5.31. The zero-order valence-electron chi connectivity index (χ0n) is 15.0. The average molecular weight is 395 g/mol. The van der Waals surface area contributed by atoms with Crippen LogP contribution in [0, 0.1) is 0 Å². The molecule has 2 N–H and O–H groups in total. The highest BCUT2D eigenvalue weighted by molar-refractivity contribution is 7.89. The predicted molar refractivity (Wildman–Crippen MR) is 105 cm³/mol. The van der Waals surface area contributed by atoms with Gasteiger partial charge in [0, 0.05) is 22.7 Å². The molecule has 1 amide bonds. The quantitative estimate of drug-likeness (QED) is 0.777. The fourth-order valence-electron chi connectivity index (χ4n) is 2.34. The molecule has 0 aliphatic rings. The Kier molecular flexibility index (Phi) is 6.44. The second kappa shape index (κ2) is 8.20. The van der Waals surface area contributed by atoms with Gasteiger partial charge < -0.3 is 5.32 Å². The van der Waals surface area contributed by atoms with E-state index in [1.807, 2.05) is 12.1 Å². The lowest BCUT2D eigenvalue weighted by Crippen LogP contribution is -2.40. The van der Waals surface area contributed by atoms with Gasteiger partial charge in [0.05, 0.1) is 4.90 Å². The molecule has 0 unspecified atom stereocenters. The number of rotatable bonds is 6. The molecule has 140 valence electrons. The summed E-state index contributed by atoms with van der Waals surface area (Å²) in [7, 11) is -3.65. The molecule has 0 fully saturated rings. The van der Waals surface area contributed by atoms with Crippen molar-refractivity contribution in [1.29, 1.82) is 0 Å². The van der Waals surface area contributed by atoms with Gasteiger partial charge in [-0.05, 0) is 63.1 Å². The van der Waals surface area contributed by atoms with Gasteiger partial charge in [0.25, 0.3) is 0 Å². The number of hydrogen-bond donors (Lipinski definition) is 2. The number of benzene rings is 2. The monoisotopic (exact) mass is 394 g/mol. The van der Waals surface area contributed by atoms with Crippen molar-refractivity contribution in [2.24, 2.45) is 0 Å². The lowest BCUT2D eigenvalue weighted by atomic mass is 10.1. The van der Waals surface area contributed by atoms with Crippen LogP contribution in [0.25, 0.3) is 0 Å². The Balaban J connectivity index is 2.01. The molecule has 2 aromatic carbocycles. The lowest BCUT2D eigenvalue weighted by molar-refractivity contribution is -0.116. The number of halogens is 1. The molecule has 5 nitrogen and oxygen atoms in total. The van der Waals surface area contributed by atoms with Gasteiger partial charge >= 0.3 is 0 Å². The van der Waals surface area contributed by atoms with Gasteiger partial charge in [0.2, 0.25) is 15.9 Å². The number of nitrogens with one attached hydrogen (secondary N) is 2. The van der Waals surface area contributed by atoms with Gasteiger partial charge in [0.1, 0.15) is 0 Å². The first-order valence-electron chi connectivity index (χ1n) is 8.23. The van der Waals surface area contributed by atoms with E-state index >= 15 is 0 Å². The maximum absolute atomic E-state index is 12.4. The van der Waals surface area contributed by atoms with Crippen LogP contribution in [0.1, 0.15) is 32.8 Å². The Hall–Kier alpha value is -1.89. The number of anilines is 1. The molecule has 0 saturated heterocycles. The molecule has 2 rings (SSSR count). The summed E-state index contributed by atoms with van der Waals surface area (Å²) in [6, 6.07) is 13.5. The van der Waals surface area contributed by atoms with Gasteiger partial charge in [-0.2, -0.15) is 0 Å². The first kappa shape index (κ1) is 20.4. The van der Waals surface area contributed by atoms with Crippen molar-refractivity contribution in [2.45, 2.75) is 44.0 Å². The summed E-state index contributed by atoms with van der Waals surface area (Å²) < 4.78 is 27.4. The third kappa shape index (κ3) is 6.44. The molecule has 0 aromatic heterocycles. The molecule has 0 bridgehead atoms. The maximum Gasteiger partial charge on any atom is 0.241 e. The fourth-order valence-corrected chi connectivity index (χ4v) is 3.93. The SMILES string of the molecule is CC(C)(C)NS(=O)(=O)c1cccc(NC(=O)CCc2ccc(Cl)cc2)c1. The van der Waals surface area contributed by atoms with Crippen molar-refractivity contribution in [2.75, 3.05) is 5.32 Å². The standard InChI is InChI=1S/C19H23ClN2O3S/c1-19(2,3)22-26(24,25)17-6-4-5-16(13-17)21-18(23)12-9-14-7-10-15(20)11-8-14/h4-8,10-11,13,22H,9,12H2,1-3H3,(H,21,23). The molecule has 0 aliphatic carbocycles. The van der Waals surface area contributed by atoms with Gasteiger partial charge in [-0.3, -0.25) is 4.79 Å². The minimum absolute atomic E-state index is 0.114. The Morgan fingerprint density at radius 1 is 1.08 bits per heavy atom. The van der Waals surface area contributed by atoms with E-state index in [0.717, 1.165) is 5.56 Å². The highest BCUT2D eigenvalue weighted by atomic mass is 35.5. The molecule has 2 aromatic rings. The molecule has 0 aliphatic heterocycles. The summed E-state index contributed by atoms with van der Waals surface area (Å²) in [5, 5.41) is 3.39. The van der Waals surface area contributed by atoms with Crippen LogP contribution in [0.4, 0.5) is 5.69 Å². The summed E-state index contributed by atoms with van der Waals surface area (Å²) in [5.74, 6) is -0.182. The Labute approximate surface area is 159 Å². The highest BCUT2D eigenvalue weighted by Crippen LogP contribution is 2.18. The molecule has 7 heteroatoms. The molecule has 0 spiro atoms. The summed E-state index contributed by atoms with van der Waals surface area (Å²) in [5.41, 5.74) is 0.870. The number of hydrogen-bond acceptors (Lipinski definition) is 3. The second-order valence-electron chi connectivity index (χ2n) is 7.06. The summed E-state index contributed by atoms with van der Waals surface area (Å²) in [6.07, 6.45) is 0.866. The van der Waals surface area contributed by atoms with E-state index in [1.54, 1.807) is 45.0 Å². The molecule has 0 saturated carbocycles. The van der Waals surface area contributed by atoms with E-state index in [1.165, 1.54) is 12.1 Å². The topological polar surface area (TPSA) is 75.3 Å². The van der Waals surface area contributed by atoms with Crippen LogP contribution in [0.2, 0.25) is 5.02 Å². The van der Waals surface area contributed by atoms with Gasteiger partial charge in [-0.15, -0.1) is 0 Å². The third-order valence-corrected chi connectivity index (χ3v) is 5.43. The van der Waals surface area contributed by atoms with E-state index in [-0.39, 0.29) is 10.8 Å². The van der Waals surface area contributed by atoms with Crippen LogP contribution in [0.5, 0.6) is 0 Å². The smallest absolute Gasteiger partial charge is 0.241 e. The molecule has 0 radical (unpaired) electrons. The fraction of sp³-hybridized carbons (Fsp3) is 0.316. The minimum atomic E-state index is -3.65. The Morgan fingerprint density at radius 3 is 2.35 bits per heavy atom. The number of amides is 1. The van der Waals surface area contributed by atoms with Crippen molar-refractivity contribution in [3.05, 3.63) is 59.1 Å². The molecule has 26 heavy (non-hydrogen) atoms. The van der Waals surface area contributed by atoms with Crippen LogP contribution < -0.4 is 10.0 Å². The van der Waals surface area contributed by atoms with Crippen molar-refractivity contribution in [3.8, 4) is 0 Å². The van der Waals surface area contributed by atoms with Crippen LogP contribution in [0.15, 0.2) is 53.4 Å². The van der Waals surface area contributed by atoms with E-state index < -0.39 is 15.6 Å². The minimum Gasteiger partial charge on any atom is -0.326 e. The first-order chi connectivity index (χ1) is 12.0. The van der Waals surface area contributed by atoms with E-state index in [2.05, 4.69) is 10.0 Å². The first-order valence-corrected chi connectivity index (χ1v) is 10.1. The summed E-state index contributed by atoms with van der Waals surface area (Å²) >= 11 is 5.84. The molecular weight excluding hydrogens is 372 g/mol. The Bertz CT molecular complexity index is 872. The molecule has 0 heterocycles. The zero-order valence-corrected chi connectivity index (χ0v) is 16.6. The van der Waals surface area contributed by atoms with Crippen LogP contribution >= 0.6 is 11.6 Å². The predicted octanol–water partition coefficient (Wildman–Crippen LogP) is 3.99. The number of aryl methyl sites for hydroxylation is 1. The van der Waals surface area contributed by atoms with Gasteiger partial charge in [-0.1, -0.05) is 29.8 Å². The third-order valence-electron chi connectivity index (χ3n) is 3.42. The molecular formula is C19H23ClN2O3S. The second-order valence-corrected chi connectivity index (χ2v) is 9.18. The van der Waals surface area contributed by atoms with E-state index in [9.17, 15) is 13.2 Å². The van der Waals surface area contributed by atoms with Gasteiger partial charge in [0.15, 0.2) is 0 Å². The zero-order chi connectivity index (χ0) is 19.4. The highest BCUT2D eigenvalue weighted by Gasteiger charge is 2.22. The van der Waals surface area contributed by atoms with Crippen molar-refractivity contribution >= 4 is 33.2 Å². The summed E-state index contributed by atoms with van der Waals surface area (Å²) in [4.78, 5) is 12.3. The van der Waals surface area contributed by atoms with E-state index in [0.29, 0.717) is 23.6 Å². The average Bonchev–Trinajstić information content (AvgIpc) is 2.52. The number of sulfonamides is 1. The van der Waals surface area contributed by atoms with Gasteiger partial charge in [-0.25, -0.2) is 13.1 Å². The number of carbonyl (C=O) groups is 1. The maximum atomic E-state index is 12.4. The van der Waals surface area contributed by atoms with E-state index in [4.69, 9.17) is 11.6 Å². The Morgan fingerprint density at radius 2 is 1.73 bits per heavy atom. The lowest BCUT2D eigenvalue weighted by Gasteiger charge is -2.20. The van der Waals surface area contributed by atoms with Crippen molar-refractivity contribution in [1.82, 2.24) is 4.72 Å². The number of carbonyl (C=O) groups excluding carboxylic acids is 1. The van der Waals surface area contributed by atoms with Crippen molar-refractivity contribution in [3.63, 3.8) is 0 Å². The van der Waals surface area contributed by atoms with Crippen LogP contribution in [-0.4, -0.2) is 19.9 Å². The molecule has 0 atom stereocenters. The van der Waals surface area contributed by atoms with Crippen LogP contribution in [-0.2, 0) is 21.2 Å². The van der Waals surface area contributed by atoms with Crippen molar-refractivity contribution < 1.29 is 13.2 Å². The van der Waals surface area contributed by atoms with Crippen LogP contribution in [0.3, 0.4) is 0 Å². The normalized spacial score (nSPS) is 12.0. The largest absolute Gasteiger partial charge is 0.326 e.